The van der Waals surface area contributed by atoms with Gasteiger partial charge in [0, 0.05) is 24.6 Å². The van der Waals surface area contributed by atoms with Crippen molar-refractivity contribution in [1.29, 1.82) is 0 Å². The Hall–Kier alpha value is -3.12. The van der Waals surface area contributed by atoms with Gasteiger partial charge in [0.1, 0.15) is 5.75 Å². The zero-order chi connectivity index (χ0) is 19.3. The molecule has 4 aromatic rings. The molecule has 0 aliphatic rings. The van der Waals surface area contributed by atoms with Gasteiger partial charge in [0.25, 0.3) is 5.91 Å². The fraction of sp³-hybridized carbons (Fsp3) is 0.0909. The Morgan fingerprint density at radius 2 is 1.89 bits per heavy atom. The molecule has 1 aromatic heterocycles. The third kappa shape index (κ3) is 4.07. The Kier molecular flexibility index (Phi) is 5.39. The maximum atomic E-state index is 12.2. The zero-order valence-electron chi connectivity index (χ0n) is 15.0. The van der Waals surface area contributed by atoms with Crippen molar-refractivity contribution in [2.75, 3.05) is 6.61 Å². The minimum atomic E-state index is -0.168. The van der Waals surface area contributed by atoms with Gasteiger partial charge in [-0.05, 0) is 50.5 Å². The van der Waals surface area contributed by atoms with Crippen molar-refractivity contribution in [3.8, 4) is 11.4 Å². The molecular weight excluding hydrogens is 418 g/mol. The largest absolute Gasteiger partial charge is 0.483 e. The van der Waals surface area contributed by atoms with Crippen molar-refractivity contribution < 1.29 is 9.53 Å². The normalized spacial score (nSPS) is 10.8. The fourth-order valence-corrected chi connectivity index (χ4v) is 3.53. The second kappa shape index (κ2) is 8.27. The average molecular weight is 436 g/mol. The predicted octanol–water partition coefficient (Wildman–Crippen LogP) is 4.48. The van der Waals surface area contributed by atoms with Gasteiger partial charge in [-0.3, -0.25) is 4.79 Å². The molecule has 1 amide bonds. The lowest BCUT2D eigenvalue weighted by Crippen LogP contribution is -2.28. The van der Waals surface area contributed by atoms with Crippen LogP contribution in [0.1, 0.15) is 5.56 Å². The molecule has 0 radical (unpaired) electrons. The van der Waals surface area contributed by atoms with Crippen LogP contribution in [0, 0.1) is 0 Å². The monoisotopic (exact) mass is 435 g/mol. The van der Waals surface area contributed by atoms with Gasteiger partial charge in [0.2, 0.25) is 0 Å². The highest BCUT2D eigenvalue weighted by Crippen LogP contribution is 2.32. The molecule has 0 aliphatic heterocycles. The summed E-state index contributed by atoms with van der Waals surface area (Å²) in [6, 6.07) is 19.8. The number of fused-ring (bicyclic) bond motifs is 1. The van der Waals surface area contributed by atoms with Crippen molar-refractivity contribution in [2.24, 2.45) is 0 Å². The average Bonchev–Trinajstić information content (AvgIpc) is 3.27. The SMILES string of the molecule is O=C(COc1ccc2ccccc2c1Br)NCc1ccc(-n2ccnc2)cc1. The summed E-state index contributed by atoms with van der Waals surface area (Å²) >= 11 is 3.57. The Bertz CT molecular complexity index is 1090. The first-order chi connectivity index (χ1) is 13.7. The van der Waals surface area contributed by atoms with Crippen LogP contribution in [0.5, 0.6) is 5.75 Å². The van der Waals surface area contributed by atoms with Crippen LogP contribution in [0.4, 0.5) is 0 Å². The molecule has 0 aliphatic carbocycles. The topological polar surface area (TPSA) is 56.1 Å². The fourth-order valence-electron chi connectivity index (χ4n) is 2.92. The smallest absolute Gasteiger partial charge is 0.258 e. The molecule has 1 heterocycles. The molecule has 6 heteroatoms. The van der Waals surface area contributed by atoms with Crippen LogP contribution >= 0.6 is 15.9 Å². The van der Waals surface area contributed by atoms with E-state index < -0.39 is 0 Å². The Labute approximate surface area is 171 Å². The number of carbonyl (C=O) groups is 1. The van der Waals surface area contributed by atoms with Gasteiger partial charge in [-0.15, -0.1) is 0 Å². The van der Waals surface area contributed by atoms with E-state index in [4.69, 9.17) is 4.74 Å². The van der Waals surface area contributed by atoms with Crippen LogP contribution in [0.25, 0.3) is 16.5 Å². The lowest BCUT2D eigenvalue weighted by atomic mass is 10.1. The van der Waals surface area contributed by atoms with E-state index in [0.717, 1.165) is 26.5 Å². The highest BCUT2D eigenvalue weighted by molar-refractivity contribution is 9.10. The van der Waals surface area contributed by atoms with E-state index in [1.807, 2.05) is 71.4 Å². The van der Waals surface area contributed by atoms with Crippen LogP contribution in [-0.2, 0) is 11.3 Å². The van der Waals surface area contributed by atoms with Gasteiger partial charge in [-0.2, -0.15) is 0 Å². The molecule has 28 heavy (non-hydrogen) atoms. The van der Waals surface area contributed by atoms with Gasteiger partial charge in [0.05, 0.1) is 10.8 Å². The van der Waals surface area contributed by atoms with Crippen molar-refractivity contribution >= 4 is 32.6 Å². The zero-order valence-corrected chi connectivity index (χ0v) is 16.6. The van der Waals surface area contributed by atoms with Crippen LogP contribution in [0.3, 0.4) is 0 Å². The van der Waals surface area contributed by atoms with Gasteiger partial charge in [0.15, 0.2) is 6.61 Å². The summed E-state index contributed by atoms with van der Waals surface area (Å²) in [6.45, 7) is 0.412. The molecule has 0 saturated carbocycles. The van der Waals surface area contributed by atoms with Crippen LogP contribution in [0.15, 0.2) is 83.9 Å². The minimum Gasteiger partial charge on any atom is -0.483 e. The summed E-state index contributed by atoms with van der Waals surface area (Å²) in [5.41, 5.74) is 2.04. The van der Waals surface area contributed by atoms with Gasteiger partial charge in [-0.25, -0.2) is 4.98 Å². The summed E-state index contributed by atoms with van der Waals surface area (Å²) in [6.07, 6.45) is 5.38. The predicted molar refractivity (Wildman–Crippen MR) is 113 cm³/mol. The first-order valence-corrected chi connectivity index (χ1v) is 9.64. The number of rotatable bonds is 6. The van der Waals surface area contributed by atoms with E-state index in [1.54, 1.807) is 12.5 Å². The summed E-state index contributed by atoms with van der Waals surface area (Å²) in [4.78, 5) is 16.2. The summed E-state index contributed by atoms with van der Waals surface area (Å²) < 4.78 is 8.48. The molecule has 0 bridgehead atoms. The molecule has 140 valence electrons. The third-order valence-corrected chi connectivity index (χ3v) is 5.23. The van der Waals surface area contributed by atoms with Gasteiger partial charge in [-0.1, -0.05) is 42.5 Å². The molecule has 0 unspecified atom stereocenters. The van der Waals surface area contributed by atoms with E-state index in [0.29, 0.717) is 12.3 Å². The number of nitrogens with zero attached hydrogens (tertiary/aromatic N) is 2. The number of imidazole rings is 1. The number of aromatic nitrogens is 2. The number of halogens is 1. The summed E-state index contributed by atoms with van der Waals surface area (Å²) in [7, 11) is 0. The molecule has 0 atom stereocenters. The van der Waals surface area contributed by atoms with Crippen LogP contribution in [0.2, 0.25) is 0 Å². The van der Waals surface area contributed by atoms with Crippen molar-refractivity contribution in [1.82, 2.24) is 14.9 Å². The van der Waals surface area contributed by atoms with Crippen molar-refractivity contribution in [3.63, 3.8) is 0 Å². The molecular formula is C22H18BrN3O2. The van der Waals surface area contributed by atoms with E-state index in [1.165, 1.54) is 0 Å². The maximum absolute atomic E-state index is 12.2. The van der Waals surface area contributed by atoms with E-state index in [-0.39, 0.29) is 12.5 Å². The van der Waals surface area contributed by atoms with E-state index in [2.05, 4.69) is 26.2 Å². The number of hydrogen-bond acceptors (Lipinski definition) is 3. The Balaban J connectivity index is 1.32. The number of hydrogen-bond donors (Lipinski definition) is 1. The summed E-state index contributed by atoms with van der Waals surface area (Å²) in [5, 5.41) is 5.05. The number of nitrogens with one attached hydrogen (secondary N) is 1. The summed E-state index contributed by atoms with van der Waals surface area (Å²) in [5.74, 6) is 0.484. The molecule has 0 saturated heterocycles. The molecule has 1 N–H and O–H groups in total. The first kappa shape index (κ1) is 18.3. The standard InChI is InChI=1S/C22H18BrN3O2/c23-22-19-4-2-1-3-17(19)7-10-20(22)28-14-21(27)25-13-16-5-8-18(9-6-16)26-12-11-24-15-26/h1-12,15H,13-14H2,(H,25,27). The van der Waals surface area contributed by atoms with Gasteiger partial charge >= 0.3 is 0 Å². The van der Waals surface area contributed by atoms with E-state index >= 15 is 0 Å². The molecule has 0 fully saturated rings. The second-order valence-corrected chi connectivity index (χ2v) is 7.09. The number of benzene rings is 3. The number of ether oxygens (including phenoxy) is 1. The number of carbonyl (C=O) groups excluding carboxylic acids is 1. The highest BCUT2D eigenvalue weighted by atomic mass is 79.9. The van der Waals surface area contributed by atoms with E-state index in [9.17, 15) is 4.79 Å². The Morgan fingerprint density at radius 3 is 2.68 bits per heavy atom. The third-order valence-electron chi connectivity index (χ3n) is 4.42. The molecule has 5 nitrogen and oxygen atoms in total. The first-order valence-electron chi connectivity index (χ1n) is 8.85. The van der Waals surface area contributed by atoms with Crippen molar-refractivity contribution in [2.45, 2.75) is 6.54 Å². The maximum Gasteiger partial charge on any atom is 0.258 e. The lowest BCUT2D eigenvalue weighted by molar-refractivity contribution is -0.123. The number of amides is 1. The molecule has 0 spiro atoms. The van der Waals surface area contributed by atoms with Crippen LogP contribution < -0.4 is 10.1 Å². The molecule has 3 aromatic carbocycles. The van der Waals surface area contributed by atoms with Gasteiger partial charge < -0.3 is 14.6 Å². The van der Waals surface area contributed by atoms with Crippen LogP contribution in [-0.4, -0.2) is 22.1 Å². The second-order valence-electron chi connectivity index (χ2n) is 6.30. The lowest BCUT2D eigenvalue weighted by Gasteiger charge is -2.11. The minimum absolute atomic E-state index is 0.0376. The molecule has 4 rings (SSSR count). The Morgan fingerprint density at radius 1 is 1.07 bits per heavy atom. The quantitative estimate of drug-likeness (QED) is 0.485. The highest BCUT2D eigenvalue weighted by Gasteiger charge is 2.08. The van der Waals surface area contributed by atoms with Crippen molar-refractivity contribution in [3.05, 3.63) is 89.4 Å².